The Labute approximate surface area is 267 Å². The molecule has 0 spiro atoms. The summed E-state index contributed by atoms with van der Waals surface area (Å²) in [5.41, 5.74) is -0.0274. The van der Waals surface area contributed by atoms with E-state index in [0.29, 0.717) is 0 Å². The third kappa shape index (κ3) is 7.00. The quantitative estimate of drug-likeness (QED) is 0.347. The van der Waals surface area contributed by atoms with Crippen molar-refractivity contribution in [2.75, 3.05) is 16.1 Å². The van der Waals surface area contributed by atoms with Crippen LogP contribution in [0.2, 0.25) is 5.02 Å². The van der Waals surface area contributed by atoms with Gasteiger partial charge in [-0.25, -0.2) is 26.6 Å². The number of nitrogens with zero attached hydrogens (tertiary/aromatic N) is 4. The summed E-state index contributed by atoms with van der Waals surface area (Å²) in [5.74, 6) is -5.98. The maximum absolute atomic E-state index is 15.0. The molecule has 0 radical (unpaired) electrons. The fraction of sp³-hybridized carbons (Fsp3) is 0.323. The Balaban J connectivity index is 1.61. The first-order valence-electron chi connectivity index (χ1n) is 14.1. The summed E-state index contributed by atoms with van der Waals surface area (Å²) in [6.45, 7) is 0. The van der Waals surface area contributed by atoms with Gasteiger partial charge in [0.2, 0.25) is 17.7 Å². The Kier molecular flexibility index (Phi) is 9.10. The Morgan fingerprint density at radius 1 is 1.20 bits per heavy atom. The second-order valence-corrected chi connectivity index (χ2v) is 13.7. The van der Waals surface area contributed by atoms with Crippen LogP contribution in [0.4, 0.5) is 24.7 Å². The molecule has 10 nitrogen and oxygen atoms in total. The average Bonchev–Trinajstić information content (AvgIpc) is 3.33. The number of nitrogens with one attached hydrogen (secondary N) is 1. The number of pyridine rings is 1. The summed E-state index contributed by atoms with van der Waals surface area (Å²) in [4.78, 5) is 47.1. The van der Waals surface area contributed by atoms with Crippen LogP contribution in [0.1, 0.15) is 49.3 Å². The molecule has 240 valence electrons. The first-order chi connectivity index (χ1) is 21.7. The number of carbonyl (C=O) groups is 3. The summed E-state index contributed by atoms with van der Waals surface area (Å²) in [5, 5.41) is 11.9. The minimum Gasteiger partial charge on any atom is -0.351 e. The van der Waals surface area contributed by atoms with Crippen LogP contribution in [0.5, 0.6) is 0 Å². The van der Waals surface area contributed by atoms with Gasteiger partial charge in [0, 0.05) is 66.5 Å². The normalized spacial score (nSPS) is 18.4. The number of hydrogen-bond donors (Lipinski definition) is 1. The van der Waals surface area contributed by atoms with Crippen LogP contribution in [-0.4, -0.2) is 55.4 Å². The predicted octanol–water partition coefficient (Wildman–Crippen LogP) is 4.72. The van der Waals surface area contributed by atoms with E-state index in [9.17, 15) is 41.2 Å². The molecule has 2 aliphatic rings. The standard InChI is InChI=1S/C31H27ClF3N5O5S/c1-46(44,45)23-12-19(33)11-22(13-23)40(28(42)14-21-6-7-27(41)39(21)26-10-18(17-36)8-9-37-26)29(24-4-2-3-5-25(24)32)30(43)38-20-15-31(34,35)16-20/h2-5,8-13,20-21,29H,6-7,14-16H2,1H3,(H,38,43)/t21-,29?/m0/s1. The van der Waals surface area contributed by atoms with E-state index in [2.05, 4.69) is 10.3 Å². The molecule has 2 atom stereocenters. The monoisotopic (exact) mass is 673 g/mol. The van der Waals surface area contributed by atoms with E-state index in [1.54, 1.807) is 6.07 Å². The molecule has 3 amide bonds. The number of halogens is 4. The van der Waals surface area contributed by atoms with Gasteiger partial charge in [0.15, 0.2) is 9.84 Å². The smallest absolute Gasteiger partial charge is 0.252 e. The number of carbonyl (C=O) groups excluding carboxylic acids is 3. The van der Waals surface area contributed by atoms with Gasteiger partial charge in [0.1, 0.15) is 17.7 Å². The summed E-state index contributed by atoms with van der Waals surface area (Å²) < 4.78 is 67.3. The zero-order valence-electron chi connectivity index (χ0n) is 24.3. The number of nitriles is 1. The van der Waals surface area contributed by atoms with E-state index < -0.39 is 75.7 Å². The number of rotatable bonds is 9. The number of amides is 3. The molecule has 1 N–H and O–H groups in total. The van der Waals surface area contributed by atoms with Crippen molar-refractivity contribution in [3.8, 4) is 6.07 Å². The lowest BCUT2D eigenvalue weighted by atomic mass is 9.87. The number of anilines is 2. The van der Waals surface area contributed by atoms with Crippen LogP contribution in [-0.2, 0) is 24.2 Å². The van der Waals surface area contributed by atoms with Gasteiger partial charge in [-0.15, -0.1) is 0 Å². The third-order valence-corrected chi connectivity index (χ3v) is 9.27. The second kappa shape index (κ2) is 12.7. The number of benzene rings is 2. The highest BCUT2D eigenvalue weighted by Crippen LogP contribution is 2.40. The van der Waals surface area contributed by atoms with Crippen molar-refractivity contribution in [3.05, 3.63) is 82.8 Å². The Morgan fingerprint density at radius 2 is 1.91 bits per heavy atom. The molecule has 3 aromatic rings. The lowest BCUT2D eigenvalue weighted by Gasteiger charge is -2.38. The molecule has 2 heterocycles. The van der Waals surface area contributed by atoms with E-state index in [1.807, 2.05) is 6.07 Å². The average molecular weight is 674 g/mol. The highest BCUT2D eigenvalue weighted by atomic mass is 35.5. The van der Waals surface area contributed by atoms with Gasteiger partial charge in [0.25, 0.3) is 5.92 Å². The van der Waals surface area contributed by atoms with Crippen molar-refractivity contribution >= 4 is 50.7 Å². The summed E-state index contributed by atoms with van der Waals surface area (Å²) in [7, 11) is -4.01. The molecule has 5 rings (SSSR count). The fourth-order valence-corrected chi connectivity index (χ4v) is 6.55. The number of sulfone groups is 1. The van der Waals surface area contributed by atoms with Crippen molar-refractivity contribution in [1.29, 1.82) is 5.26 Å². The molecule has 0 bridgehead atoms. The summed E-state index contributed by atoms with van der Waals surface area (Å²) in [6, 6.07) is 10.0. The van der Waals surface area contributed by atoms with Crippen LogP contribution >= 0.6 is 11.6 Å². The molecule has 46 heavy (non-hydrogen) atoms. The Morgan fingerprint density at radius 3 is 2.57 bits per heavy atom. The summed E-state index contributed by atoms with van der Waals surface area (Å²) in [6.07, 6.45) is 0.712. The van der Waals surface area contributed by atoms with Crippen LogP contribution in [0, 0.1) is 17.1 Å². The van der Waals surface area contributed by atoms with Gasteiger partial charge in [-0.05, 0) is 42.8 Å². The number of aromatic nitrogens is 1. The van der Waals surface area contributed by atoms with Crippen molar-refractivity contribution in [2.45, 2.75) is 61.0 Å². The number of hydrogen-bond acceptors (Lipinski definition) is 7. The van der Waals surface area contributed by atoms with Gasteiger partial charge in [-0.2, -0.15) is 5.26 Å². The minimum absolute atomic E-state index is 0.0225. The first-order valence-corrected chi connectivity index (χ1v) is 16.4. The maximum Gasteiger partial charge on any atom is 0.252 e. The highest BCUT2D eigenvalue weighted by molar-refractivity contribution is 7.90. The topological polar surface area (TPSA) is 141 Å². The molecular formula is C31H27ClF3N5O5S. The van der Waals surface area contributed by atoms with Crippen molar-refractivity contribution in [3.63, 3.8) is 0 Å². The lowest BCUT2D eigenvalue weighted by molar-refractivity contribution is -0.133. The van der Waals surface area contributed by atoms with Gasteiger partial charge in [0.05, 0.1) is 16.5 Å². The van der Waals surface area contributed by atoms with Gasteiger partial charge in [-0.1, -0.05) is 29.8 Å². The zero-order valence-corrected chi connectivity index (χ0v) is 25.9. The fourth-order valence-electron chi connectivity index (χ4n) is 5.65. The molecule has 1 saturated carbocycles. The Hall–Kier alpha value is -4.48. The van der Waals surface area contributed by atoms with Crippen molar-refractivity contribution < 1.29 is 36.0 Å². The van der Waals surface area contributed by atoms with Crippen molar-refractivity contribution in [2.24, 2.45) is 0 Å². The van der Waals surface area contributed by atoms with E-state index in [-0.39, 0.29) is 46.4 Å². The SMILES string of the molecule is CS(=O)(=O)c1cc(F)cc(N(C(=O)C[C@@H]2CCC(=O)N2c2cc(C#N)ccn2)C(C(=O)NC2CC(F)(F)C2)c2ccccc2Cl)c1. The minimum atomic E-state index is -4.01. The van der Waals surface area contributed by atoms with Crippen LogP contribution in [0.25, 0.3) is 0 Å². The van der Waals surface area contributed by atoms with Crippen LogP contribution < -0.4 is 15.1 Å². The third-order valence-electron chi connectivity index (χ3n) is 7.83. The molecular weight excluding hydrogens is 647 g/mol. The van der Waals surface area contributed by atoms with E-state index in [1.165, 1.54) is 41.4 Å². The molecule has 2 aromatic carbocycles. The Bertz CT molecular complexity index is 1860. The molecule has 1 saturated heterocycles. The molecule has 1 aromatic heterocycles. The van der Waals surface area contributed by atoms with Crippen molar-refractivity contribution in [1.82, 2.24) is 10.3 Å². The van der Waals surface area contributed by atoms with E-state index in [0.717, 1.165) is 29.4 Å². The molecule has 1 unspecified atom stereocenters. The summed E-state index contributed by atoms with van der Waals surface area (Å²) >= 11 is 6.49. The largest absolute Gasteiger partial charge is 0.351 e. The molecule has 1 aliphatic heterocycles. The zero-order chi connectivity index (χ0) is 33.4. The van der Waals surface area contributed by atoms with Gasteiger partial charge < -0.3 is 5.32 Å². The van der Waals surface area contributed by atoms with Crippen LogP contribution in [0.15, 0.2) is 65.7 Å². The van der Waals surface area contributed by atoms with Gasteiger partial charge in [-0.3, -0.25) is 24.2 Å². The second-order valence-electron chi connectivity index (χ2n) is 11.2. The highest BCUT2D eigenvalue weighted by Gasteiger charge is 2.47. The first kappa shape index (κ1) is 32.9. The van der Waals surface area contributed by atoms with E-state index >= 15 is 0 Å². The lowest BCUT2D eigenvalue weighted by Crippen LogP contribution is -2.54. The van der Waals surface area contributed by atoms with E-state index in [4.69, 9.17) is 11.6 Å². The molecule has 2 fully saturated rings. The predicted molar refractivity (Wildman–Crippen MR) is 161 cm³/mol. The van der Waals surface area contributed by atoms with Crippen LogP contribution in [0.3, 0.4) is 0 Å². The maximum atomic E-state index is 15.0. The number of alkyl halides is 2. The molecule has 1 aliphatic carbocycles. The van der Waals surface area contributed by atoms with Gasteiger partial charge >= 0.3 is 0 Å². The molecule has 15 heteroatoms.